The van der Waals surface area contributed by atoms with Crippen LogP contribution in [0.3, 0.4) is 0 Å². The molecule has 122 valence electrons. The van der Waals surface area contributed by atoms with Gasteiger partial charge in [-0.1, -0.05) is 0 Å². The number of aryl methyl sites for hydroxylation is 1. The first-order valence-electron chi connectivity index (χ1n) is 7.90. The summed E-state index contributed by atoms with van der Waals surface area (Å²) in [6, 6.07) is 4.15. The Morgan fingerprint density at radius 2 is 2.14 bits per heavy atom. The van der Waals surface area contributed by atoms with Gasteiger partial charge in [0.15, 0.2) is 5.96 Å². The summed E-state index contributed by atoms with van der Waals surface area (Å²) < 4.78 is 2.11. The first-order valence-corrected chi connectivity index (χ1v) is 7.90. The van der Waals surface area contributed by atoms with Gasteiger partial charge in [0.2, 0.25) is 5.91 Å². The number of nitrogens with one attached hydrogen (secondary N) is 2. The fourth-order valence-corrected chi connectivity index (χ4v) is 2.90. The van der Waals surface area contributed by atoms with Crippen LogP contribution >= 0.6 is 0 Å². The summed E-state index contributed by atoms with van der Waals surface area (Å²) >= 11 is 0. The Morgan fingerprint density at radius 3 is 2.68 bits per heavy atom. The number of piperidine rings is 1. The van der Waals surface area contributed by atoms with Crippen molar-refractivity contribution in [2.45, 2.75) is 25.8 Å². The van der Waals surface area contributed by atoms with Crippen LogP contribution in [0.25, 0.3) is 0 Å². The lowest BCUT2D eigenvalue weighted by molar-refractivity contribution is -0.121. The molecule has 0 spiro atoms. The van der Waals surface area contributed by atoms with E-state index in [9.17, 15) is 4.79 Å². The van der Waals surface area contributed by atoms with Crippen molar-refractivity contribution < 1.29 is 4.79 Å². The van der Waals surface area contributed by atoms with E-state index in [2.05, 4.69) is 31.2 Å². The number of nitrogens with zero attached hydrogens (tertiary/aromatic N) is 3. The molecule has 6 heteroatoms. The average molecular weight is 305 g/mol. The number of hydrogen-bond acceptors (Lipinski definition) is 2. The van der Waals surface area contributed by atoms with Gasteiger partial charge >= 0.3 is 0 Å². The van der Waals surface area contributed by atoms with Gasteiger partial charge in [-0.15, -0.1) is 0 Å². The highest BCUT2D eigenvalue weighted by molar-refractivity contribution is 5.80. The van der Waals surface area contributed by atoms with Crippen molar-refractivity contribution in [1.29, 1.82) is 0 Å². The third-order valence-corrected chi connectivity index (χ3v) is 4.36. The molecule has 0 saturated carbocycles. The second-order valence-electron chi connectivity index (χ2n) is 5.82. The topological polar surface area (TPSA) is 61.7 Å². The van der Waals surface area contributed by atoms with Crippen molar-refractivity contribution in [3.8, 4) is 0 Å². The Balaban J connectivity index is 1.81. The number of carbonyl (C=O) groups is 1. The quantitative estimate of drug-likeness (QED) is 0.643. The molecule has 0 unspecified atom stereocenters. The van der Waals surface area contributed by atoms with E-state index in [0.717, 1.165) is 38.4 Å². The molecule has 0 bridgehead atoms. The van der Waals surface area contributed by atoms with Crippen LogP contribution in [0, 0.1) is 5.92 Å². The lowest BCUT2D eigenvalue weighted by Crippen LogP contribution is -2.45. The molecule has 22 heavy (non-hydrogen) atoms. The van der Waals surface area contributed by atoms with Crippen LogP contribution in [0.15, 0.2) is 23.3 Å². The number of aromatic nitrogens is 1. The average Bonchev–Trinajstić information content (AvgIpc) is 2.94. The van der Waals surface area contributed by atoms with Gasteiger partial charge in [-0.3, -0.25) is 9.79 Å². The van der Waals surface area contributed by atoms with Gasteiger partial charge < -0.3 is 20.1 Å². The fraction of sp³-hybridized carbons (Fsp3) is 0.625. The standard InChI is InChI=1S/C16H27N5O/c1-17-15(22)11-13-6-9-21(10-7-13)16(18-2)19-12-14-5-4-8-20(14)3/h4-5,8,13H,6-7,9-12H2,1-3H3,(H,17,22)(H,18,19). The molecule has 0 aliphatic carbocycles. The maximum atomic E-state index is 11.5. The lowest BCUT2D eigenvalue weighted by Gasteiger charge is -2.34. The predicted molar refractivity (Wildman–Crippen MR) is 88.6 cm³/mol. The van der Waals surface area contributed by atoms with Gasteiger partial charge in [0.05, 0.1) is 6.54 Å². The van der Waals surface area contributed by atoms with Gasteiger partial charge in [-0.25, -0.2) is 0 Å². The molecule has 2 rings (SSSR count). The third kappa shape index (κ3) is 4.26. The maximum absolute atomic E-state index is 11.5. The second kappa shape index (κ2) is 7.87. The van der Waals surface area contributed by atoms with E-state index in [1.54, 1.807) is 7.05 Å². The molecule has 6 nitrogen and oxygen atoms in total. The number of amides is 1. The van der Waals surface area contributed by atoms with E-state index in [-0.39, 0.29) is 5.91 Å². The minimum atomic E-state index is 0.143. The zero-order chi connectivity index (χ0) is 15.9. The molecule has 1 aromatic heterocycles. The van der Waals surface area contributed by atoms with Crippen molar-refractivity contribution in [2.24, 2.45) is 18.0 Å². The summed E-state index contributed by atoms with van der Waals surface area (Å²) in [6.45, 7) is 2.68. The van der Waals surface area contributed by atoms with Crippen molar-refractivity contribution in [3.05, 3.63) is 24.0 Å². The summed E-state index contributed by atoms with van der Waals surface area (Å²) in [5, 5.41) is 6.13. The minimum absolute atomic E-state index is 0.143. The van der Waals surface area contributed by atoms with Crippen molar-refractivity contribution in [1.82, 2.24) is 20.1 Å². The van der Waals surface area contributed by atoms with Gasteiger partial charge in [0.1, 0.15) is 0 Å². The van der Waals surface area contributed by atoms with E-state index in [1.165, 1.54) is 5.69 Å². The molecule has 1 fully saturated rings. The molecular weight excluding hydrogens is 278 g/mol. The Morgan fingerprint density at radius 1 is 1.41 bits per heavy atom. The Kier molecular flexibility index (Phi) is 5.86. The van der Waals surface area contributed by atoms with Crippen molar-refractivity contribution in [2.75, 3.05) is 27.2 Å². The van der Waals surface area contributed by atoms with Gasteiger partial charge in [0, 0.05) is 52.5 Å². The van der Waals surface area contributed by atoms with Crippen LogP contribution in [-0.4, -0.2) is 48.5 Å². The number of aliphatic imine (C=N–C) groups is 1. The zero-order valence-corrected chi connectivity index (χ0v) is 13.8. The highest BCUT2D eigenvalue weighted by Gasteiger charge is 2.23. The summed E-state index contributed by atoms with van der Waals surface area (Å²) in [5.41, 5.74) is 1.23. The Bertz CT molecular complexity index is 514. The summed E-state index contributed by atoms with van der Waals surface area (Å²) in [7, 11) is 5.57. The number of carbonyl (C=O) groups excluding carboxylic acids is 1. The number of rotatable bonds is 4. The van der Waals surface area contributed by atoms with Gasteiger partial charge in [-0.05, 0) is 30.9 Å². The lowest BCUT2D eigenvalue weighted by atomic mass is 9.93. The van der Waals surface area contributed by atoms with Crippen LogP contribution < -0.4 is 10.6 Å². The van der Waals surface area contributed by atoms with E-state index in [4.69, 9.17) is 0 Å². The molecule has 2 heterocycles. The summed E-state index contributed by atoms with van der Waals surface area (Å²) in [4.78, 5) is 18.1. The van der Waals surface area contributed by atoms with Crippen LogP contribution in [0.1, 0.15) is 25.0 Å². The molecule has 1 amide bonds. The first kappa shape index (κ1) is 16.4. The van der Waals surface area contributed by atoms with Crippen LogP contribution in [0.5, 0.6) is 0 Å². The first-order chi connectivity index (χ1) is 10.6. The Hall–Kier alpha value is -1.98. The van der Waals surface area contributed by atoms with Crippen molar-refractivity contribution in [3.63, 3.8) is 0 Å². The van der Waals surface area contributed by atoms with Gasteiger partial charge in [-0.2, -0.15) is 0 Å². The molecule has 0 aromatic carbocycles. The molecule has 0 atom stereocenters. The number of hydrogen-bond donors (Lipinski definition) is 2. The van der Waals surface area contributed by atoms with E-state index in [1.807, 2.05) is 26.4 Å². The van der Waals surface area contributed by atoms with Crippen LogP contribution in [0.2, 0.25) is 0 Å². The molecule has 1 aliphatic rings. The third-order valence-electron chi connectivity index (χ3n) is 4.36. The predicted octanol–water partition coefficient (Wildman–Crippen LogP) is 0.949. The van der Waals surface area contributed by atoms with E-state index < -0.39 is 0 Å². The zero-order valence-electron chi connectivity index (χ0n) is 13.8. The smallest absolute Gasteiger partial charge is 0.220 e. The van der Waals surface area contributed by atoms with Crippen LogP contribution in [-0.2, 0) is 18.4 Å². The molecule has 1 aliphatic heterocycles. The van der Waals surface area contributed by atoms with Gasteiger partial charge in [0.25, 0.3) is 0 Å². The van der Waals surface area contributed by atoms with Crippen molar-refractivity contribution >= 4 is 11.9 Å². The molecular formula is C16H27N5O. The largest absolute Gasteiger partial charge is 0.359 e. The SMILES string of the molecule is CN=C(NCc1cccn1C)N1CCC(CC(=O)NC)CC1. The Labute approximate surface area is 132 Å². The normalized spacial score (nSPS) is 16.7. The molecule has 1 saturated heterocycles. The summed E-state index contributed by atoms with van der Waals surface area (Å²) in [5.74, 6) is 1.58. The minimum Gasteiger partial charge on any atom is -0.359 e. The number of likely N-dealkylation sites (tertiary alicyclic amines) is 1. The molecule has 0 radical (unpaired) electrons. The highest BCUT2D eigenvalue weighted by Crippen LogP contribution is 2.20. The van der Waals surface area contributed by atoms with Crippen LogP contribution in [0.4, 0.5) is 0 Å². The molecule has 1 aromatic rings. The maximum Gasteiger partial charge on any atom is 0.220 e. The van der Waals surface area contributed by atoms with E-state index >= 15 is 0 Å². The summed E-state index contributed by atoms with van der Waals surface area (Å²) in [6.07, 6.45) is 4.76. The molecule has 2 N–H and O–H groups in total. The number of guanidine groups is 1. The monoisotopic (exact) mass is 305 g/mol. The fourth-order valence-electron chi connectivity index (χ4n) is 2.90. The highest BCUT2D eigenvalue weighted by atomic mass is 16.1. The van der Waals surface area contributed by atoms with E-state index in [0.29, 0.717) is 12.3 Å². The second-order valence-corrected chi connectivity index (χ2v) is 5.82.